The van der Waals surface area contributed by atoms with Crippen molar-refractivity contribution in [2.45, 2.75) is 64.3 Å². The molecule has 2 rings (SSSR count). The zero-order valence-corrected chi connectivity index (χ0v) is 14.4. The minimum absolute atomic E-state index is 0.0355. The van der Waals surface area contributed by atoms with Crippen molar-refractivity contribution >= 4 is 10.5 Å². The highest BCUT2D eigenvalue weighted by Gasteiger charge is 2.51. The van der Waals surface area contributed by atoms with Gasteiger partial charge < -0.3 is 0 Å². The van der Waals surface area contributed by atoms with Crippen molar-refractivity contribution in [2.75, 3.05) is 0 Å². The first-order valence-corrected chi connectivity index (χ1v) is 9.51. The molecule has 0 aliphatic heterocycles. The Morgan fingerprint density at radius 1 is 1.14 bits per heavy atom. The maximum Gasteiger partial charge on any atom is 0.311 e. The van der Waals surface area contributed by atoms with E-state index in [9.17, 15) is 8.42 Å². The van der Waals surface area contributed by atoms with Crippen LogP contribution >= 0.6 is 0 Å². The van der Waals surface area contributed by atoms with Crippen LogP contribution < -0.4 is 0 Å². The van der Waals surface area contributed by atoms with E-state index in [1.165, 1.54) is 37.7 Å². The predicted octanol–water partition coefficient (Wildman–Crippen LogP) is 4.83. The molecule has 122 valence electrons. The molecule has 0 saturated heterocycles. The molecule has 4 atom stereocenters. The van der Waals surface area contributed by atoms with Crippen LogP contribution in [-0.2, 0) is 10.5 Å². The summed E-state index contributed by atoms with van der Waals surface area (Å²) in [6.07, 6.45) is 7.38. The molecule has 4 heteroatoms. The van der Waals surface area contributed by atoms with Crippen LogP contribution in [0.3, 0.4) is 0 Å². The fourth-order valence-corrected chi connectivity index (χ4v) is 3.95. The number of hydrogen-bond donors (Lipinski definition) is 0. The predicted molar refractivity (Wildman–Crippen MR) is 90.3 cm³/mol. The lowest BCUT2D eigenvalue weighted by molar-refractivity contribution is 0.439. The first-order valence-electron chi connectivity index (χ1n) is 8.48. The van der Waals surface area contributed by atoms with E-state index in [2.05, 4.69) is 30.3 Å². The molecular formula is C18H27NO2S. The Labute approximate surface area is 135 Å². The van der Waals surface area contributed by atoms with E-state index in [1.54, 1.807) is 0 Å². The summed E-state index contributed by atoms with van der Waals surface area (Å²) in [6.45, 7) is 4.56. The molecule has 4 unspecified atom stereocenters. The van der Waals surface area contributed by atoms with Gasteiger partial charge in [-0.3, -0.25) is 0 Å². The van der Waals surface area contributed by atoms with Crippen molar-refractivity contribution in [1.82, 2.24) is 0 Å². The normalized spacial score (nSPS) is 24.7. The van der Waals surface area contributed by atoms with Gasteiger partial charge in [-0.2, -0.15) is 12.8 Å². The molecular weight excluding hydrogens is 294 g/mol. The number of nitrogens with zero attached hydrogens (tertiary/aromatic N) is 1. The summed E-state index contributed by atoms with van der Waals surface area (Å²) in [5.41, 5.74) is 1.23. The topological polar surface area (TPSA) is 46.5 Å². The van der Waals surface area contributed by atoms with Crippen molar-refractivity contribution in [3.05, 3.63) is 35.9 Å². The monoisotopic (exact) mass is 321 g/mol. The van der Waals surface area contributed by atoms with E-state index in [1.807, 2.05) is 18.2 Å². The number of rotatable bonds is 9. The molecule has 1 fully saturated rings. The van der Waals surface area contributed by atoms with Gasteiger partial charge in [0.05, 0.1) is 6.04 Å². The highest BCUT2D eigenvalue weighted by Crippen LogP contribution is 2.52. The lowest BCUT2D eigenvalue weighted by atomic mass is 9.96. The molecule has 0 heterocycles. The number of benzene rings is 1. The van der Waals surface area contributed by atoms with E-state index >= 15 is 0 Å². The second-order valence-corrected chi connectivity index (χ2v) is 7.24. The maximum atomic E-state index is 10.9. The number of hydrogen-bond acceptors (Lipinski definition) is 3. The largest absolute Gasteiger partial charge is 0.311 e. The second-order valence-electron chi connectivity index (χ2n) is 6.59. The van der Waals surface area contributed by atoms with Crippen molar-refractivity contribution < 1.29 is 8.42 Å². The van der Waals surface area contributed by atoms with E-state index in [-0.39, 0.29) is 6.04 Å². The molecule has 1 aliphatic carbocycles. The highest BCUT2D eigenvalue weighted by atomic mass is 32.2. The van der Waals surface area contributed by atoms with Gasteiger partial charge >= 0.3 is 10.5 Å². The van der Waals surface area contributed by atoms with Crippen LogP contribution in [0, 0.1) is 11.8 Å². The Hall–Kier alpha value is -1.16. The van der Waals surface area contributed by atoms with Crippen LogP contribution in [0.4, 0.5) is 0 Å². The molecule has 1 aromatic rings. The lowest BCUT2D eigenvalue weighted by Crippen LogP contribution is -1.95. The van der Waals surface area contributed by atoms with Crippen molar-refractivity contribution in [3.63, 3.8) is 0 Å². The van der Waals surface area contributed by atoms with E-state index < -0.39 is 10.5 Å². The van der Waals surface area contributed by atoms with Gasteiger partial charge in [0.2, 0.25) is 0 Å². The fourth-order valence-electron chi connectivity index (χ4n) is 3.47. The van der Waals surface area contributed by atoms with Gasteiger partial charge in [0.15, 0.2) is 0 Å². The third kappa shape index (κ3) is 4.94. The third-order valence-corrected chi connectivity index (χ3v) is 5.22. The Morgan fingerprint density at radius 3 is 2.45 bits per heavy atom. The number of unbranched alkanes of at least 4 members (excludes halogenated alkanes) is 1. The van der Waals surface area contributed by atoms with Crippen LogP contribution in [0.25, 0.3) is 0 Å². The zero-order valence-electron chi connectivity index (χ0n) is 13.6. The molecule has 1 saturated carbocycles. The minimum Gasteiger partial charge on any atom is -0.168 e. The molecule has 1 aromatic carbocycles. The second kappa shape index (κ2) is 8.47. The van der Waals surface area contributed by atoms with E-state index in [4.69, 9.17) is 0 Å². The molecule has 3 nitrogen and oxygen atoms in total. The van der Waals surface area contributed by atoms with Gasteiger partial charge in [0.25, 0.3) is 0 Å². The Balaban J connectivity index is 1.87. The average molecular weight is 321 g/mol. The molecule has 0 spiro atoms. The summed E-state index contributed by atoms with van der Waals surface area (Å²) < 4.78 is 25.7. The third-order valence-electron chi connectivity index (χ3n) is 4.80. The van der Waals surface area contributed by atoms with Crippen LogP contribution in [0.1, 0.15) is 63.9 Å². The summed E-state index contributed by atoms with van der Waals surface area (Å²) in [5, 5.41) is 0. The molecule has 0 aromatic heterocycles. The lowest BCUT2D eigenvalue weighted by Gasteiger charge is -2.09. The summed E-state index contributed by atoms with van der Waals surface area (Å²) >= 11 is 0. The van der Waals surface area contributed by atoms with Crippen LogP contribution in [0.2, 0.25) is 0 Å². The zero-order chi connectivity index (χ0) is 15.9. The summed E-state index contributed by atoms with van der Waals surface area (Å²) in [6, 6.07) is 10.2. The molecule has 0 amide bonds. The first kappa shape index (κ1) is 17.2. The van der Waals surface area contributed by atoms with Gasteiger partial charge in [-0.25, -0.2) is 0 Å². The van der Waals surface area contributed by atoms with Crippen molar-refractivity contribution in [3.8, 4) is 0 Å². The Kier molecular flexibility index (Phi) is 6.62. The molecule has 1 aliphatic rings. The van der Waals surface area contributed by atoms with Gasteiger partial charge in [0, 0.05) is 5.92 Å². The van der Waals surface area contributed by atoms with Crippen molar-refractivity contribution in [2.24, 2.45) is 16.2 Å². The van der Waals surface area contributed by atoms with Gasteiger partial charge in [-0.1, -0.05) is 76.3 Å². The van der Waals surface area contributed by atoms with Crippen LogP contribution in [0.15, 0.2) is 34.7 Å². The van der Waals surface area contributed by atoms with Crippen LogP contribution in [0.5, 0.6) is 0 Å². The first-order chi connectivity index (χ1) is 10.6. The van der Waals surface area contributed by atoms with Gasteiger partial charge in [-0.05, 0) is 23.8 Å². The summed E-state index contributed by atoms with van der Waals surface area (Å²) in [7, 11) is -2.29. The average Bonchev–Trinajstić information content (AvgIpc) is 3.17. The van der Waals surface area contributed by atoms with Gasteiger partial charge in [0.1, 0.15) is 0 Å². The Morgan fingerprint density at radius 2 is 1.82 bits per heavy atom. The highest BCUT2D eigenvalue weighted by molar-refractivity contribution is 7.61. The molecule has 22 heavy (non-hydrogen) atoms. The maximum absolute atomic E-state index is 10.9. The van der Waals surface area contributed by atoms with Crippen molar-refractivity contribution in [1.29, 1.82) is 0 Å². The summed E-state index contributed by atoms with van der Waals surface area (Å²) in [5.74, 6) is 1.47. The van der Waals surface area contributed by atoms with E-state index in [0.717, 1.165) is 12.3 Å². The SMILES string of the molecule is CCCCC(C)CCCC1C(N=S(=O)=O)C1c1ccccc1. The minimum atomic E-state index is -2.29. The van der Waals surface area contributed by atoms with E-state index in [0.29, 0.717) is 11.8 Å². The van der Waals surface area contributed by atoms with Gasteiger partial charge in [-0.15, -0.1) is 0 Å². The van der Waals surface area contributed by atoms with Crippen LogP contribution in [-0.4, -0.2) is 14.5 Å². The standard InChI is InChI=1S/C18H27NO2S/c1-3-4-9-14(2)10-8-13-16-17(18(16)19-22(20)21)15-11-6-5-7-12-15/h5-7,11-12,14,16-18H,3-4,8-10,13H2,1-2H3. The quantitative estimate of drug-likeness (QED) is 0.654. The molecule has 0 bridgehead atoms. The summed E-state index contributed by atoms with van der Waals surface area (Å²) in [4.78, 5) is 0. The smallest absolute Gasteiger partial charge is 0.168 e. The molecule has 0 N–H and O–H groups in total. The molecule has 0 radical (unpaired) electrons. The fraction of sp³-hybridized carbons (Fsp3) is 0.667. The Bertz CT molecular complexity index is 574.